The molecule has 3 heteroatoms. The van der Waals surface area contributed by atoms with E-state index in [0.717, 1.165) is 36.5 Å². The van der Waals surface area contributed by atoms with E-state index in [0.29, 0.717) is 0 Å². The van der Waals surface area contributed by atoms with Gasteiger partial charge in [0, 0.05) is 13.1 Å². The van der Waals surface area contributed by atoms with Gasteiger partial charge in [0.1, 0.15) is 5.52 Å². The van der Waals surface area contributed by atoms with Crippen LogP contribution in [0.3, 0.4) is 0 Å². The van der Waals surface area contributed by atoms with Crippen LogP contribution in [0.15, 0.2) is 46.9 Å². The van der Waals surface area contributed by atoms with Crippen molar-refractivity contribution in [3.05, 3.63) is 65.0 Å². The summed E-state index contributed by atoms with van der Waals surface area (Å²) in [5.41, 5.74) is 5.81. The molecule has 2 heterocycles. The van der Waals surface area contributed by atoms with Crippen LogP contribution in [-0.4, -0.2) is 11.5 Å². The standard InChI is InChI=1S/C18H18N2O/c1-2-12-7-8-17-16(9-12)20-18(21-17)15-11-19-10-13-5-3-4-6-14(13)15/h3-9,15,19H,2,10-11H2,1H3. The van der Waals surface area contributed by atoms with Crippen LogP contribution >= 0.6 is 0 Å². The van der Waals surface area contributed by atoms with Crippen LogP contribution in [0.5, 0.6) is 0 Å². The molecular formula is C18H18N2O. The fourth-order valence-electron chi connectivity index (χ4n) is 3.08. The lowest BCUT2D eigenvalue weighted by molar-refractivity contribution is 0.464. The van der Waals surface area contributed by atoms with Crippen LogP contribution in [0.25, 0.3) is 11.1 Å². The van der Waals surface area contributed by atoms with E-state index in [-0.39, 0.29) is 5.92 Å². The van der Waals surface area contributed by atoms with Crippen molar-refractivity contribution in [1.82, 2.24) is 10.3 Å². The highest BCUT2D eigenvalue weighted by Crippen LogP contribution is 2.31. The first-order valence-corrected chi connectivity index (χ1v) is 7.53. The third-order valence-corrected chi connectivity index (χ3v) is 4.27. The fraction of sp³-hybridized carbons (Fsp3) is 0.278. The summed E-state index contributed by atoms with van der Waals surface area (Å²) >= 11 is 0. The molecule has 0 saturated carbocycles. The first-order chi connectivity index (χ1) is 10.3. The Morgan fingerprint density at radius 3 is 3.05 bits per heavy atom. The van der Waals surface area contributed by atoms with E-state index in [4.69, 9.17) is 9.40 Å². The van der Waals surface area contributed by atoms with E-state index in [1.54, 1.807) is 0 Å². The smallest absolute Gasteiger partial charge is 0.204 e. The van der Waals surface area contributed by atoms with Crippen molar-refractivity contribution in [2.75, 3.05) is 6.54 Å². The van der Waals surface area contributed by atoms with Crippen LogP contribution in [0.4, 0.5) is 0 Å². The van der Waals surface area contributed by atoms with Crippen LogP contribution in [-0.2, 0) is 13.0 Å². The van der Waals surface area contributed by atoms with Gasteiger partial charge in [-0.15, -0.1) is 0 Å². The zero-order chi connectivity index (χ0) is 14.2. The van der Waals surface area contributed by atoms with Gasteiger partial charge in [-0.25, -0.2) is 4.98 Å². The molecule has 106 valence electrons. The number of nitrogens with one attached hydrogen (secondary N) is 1. The first kappa shape index (κ1) is 12.6. The molecule has 0 bridgehead atoms. The van der Waals surface area contributed by atoms with E-state index < -0.39 is 0 Å². The van der Waals surface area contributed by atoms with Gasteiger partial charge in [-0.3, -0.25) is 0 Å². The number of oxazole rings is 1. The molecule has 0 amide bonds. The first-order valence-electron chi connectivity index (χ1n) is 7.53. The summed E-state index contributed by atoms with van der Waals surface area (Å²) in [6.45, 7) is 3.96. The molecule has 21 heavy (non-hydrogen) atoms. The summed E-state index contributed by atoms with van der Waals surface area (Å²) in [5, 5.41) is 3.46. The molecule has 2 aromatic carbocycles. The van der Waals surface area contributed by atoms with Crippen molar-refractivity contribution in [2.45, 2.75) is 25.8 Å². The molecule has 1 atom stereocenters. The highest BCUT2D eigenvalue weighted by atomic mass is 16.3. The lowest BCUT2D eigenvalue weighted by Gasteiger charge is -2.23. The monoisotopic (exact) mass is 278 g/mol. The third kappa shape index (κ3) is 2.14. The van der Waals surface area contributed by atoms with Gasteiger partial charge in [0.15, 0.2) is 5.58 Å². The van der Waals surface area contributed by atoms with Crippen LogP contribution in [0, 0.1) is 0 Å². The minimum atomic E-state index is 0.201. The topological polar surface area (TPSA) is 38.1 Å². The number of nitrogens with zero attached hydrogens (tertiary/aromatic N) is 1. The average molecular weight is 278 g/mol. The summed E-state index contributed by atoms with van der Waals surface area (Å²) in [7, 11) is 0. The number of aryl methyl sites for hydroxylation is 1. The predicted molar refractivity (Wildman–Crippen MR) is 83.4 cm³/mol. The molecule has 0 saturated heterocycles. The molecule has 4 rings (SSSR count). The minimum absolute atomic E-state index is 0.201. The van der Waals surface area contributed by atoms with Gasteiger partial charge >= 0.3 is 0 Å². The Balaban J connectivity index is 1.80. The summed E-state index contributed by atoms with van der Waals surface area (Å²) in [6.07, 6.45) is 1.02. The molecule has 1 aliphatic rings. The molecule has 1 unspecified atom stereocenters. The van der Waals surface area contributed by atoms with Gasteiger partial charge in [0.25, 0.3) is 0 Å². The molecule has 3 aromatic rings. The number of hydrogen-bond donors (Lipinski definition) is 1. The maximum Gasteiger partial charge on any atom is 0.204 e. The van der Waals surface area contributed by atoms with Gasteiger partial charge < -0.3 is 9.73 Å². The molecule has 0 aliphatic carbocycles. The molecule has 0 fully saturated rings. The number of rotatable bonds is 2. The Labute approximate surface area is 124 Å². The lowest BCUT2D eigenvalue weighted by atomic mass is 9.91. The quantitative estimate of drug-likeness (QED) is 0.778. The average Bonchev–Trinajstić information content (AvgIpc) is 2.97. The molecular weight excluding hydrogens is 260 g/mol. The van der Waals surface area contributed by atoms with Crippen molar-refractivity contribution in [3.63, 3.8) is 0 Å². The SMILES string of the molecule is CCc1ccc2oc(C3CNCc4ccccc43)nc2c1. The Bertz CT molecular complexity index is 791. The Kier molecular flexibility index (Phi) is 3.00. The zero-order valence-electron chi connectivity index (χ0n) is 12.1. The number of benzene rings is 2. The molecule has 3 nitrogen and oxygen atoms in total. The summed E-state index contributed by atoms with van der Waals surface area (Å²) < 4.78 is 6.01. The van der Waals surface area contributed by atoms with E-state index in [1.807, 2.05) is 6.07 Å². The largest absolute Gasteiger partial charge is 0.440 e. The minimum Gasteiger partial charge on any atom is -0.440 e. The van der Waals surface area contributed by atoms with E-state index in [1.165, 1.54) is 16.7 Å². The second kappa shape index (κ2) is 5.01. The maximum atomic E-state index is 6.01. The van der Waals surface area contributed by atoms with Gasteiger partial charge in [-0.2, -0.15) is 0 Å². The van der Waals surface area contributed by atoms with E-state index in [2.05, 4.69) is 48.6 Å². The second-order valence-electron chi connectivity index (χ2n) is 5.59. The predicted octanol–water partition coefficient (Wildman–Crippen LogP) is 3.63. The summed E-state index contributed by atoms with van der Waals surface area (Å²) in [6, 6.07) is 14.8. The molecule has 1 aromatic heterocycles. The van der Waals surface area contributed by atoms with E-state index in [9.17, 15) is 0 Å². The van der Waals surface area contributed by atoms with Gasteiger partial charge in [-0.1, -0.05) is 37.3 Å². The number of hydrogen-bond acceptors (Lipinski definition) is 3. The molecule has 0 radical (unpaired) electrons. The van der Waals surface area contributed by atoms with Crippen molar-refractivity contribution >= 4 is 11.1 Å². The Morgan fingerprint density at radius 1 is 1.24 bits per heavy atom. The highest BCUT2D eigenvalue weighted by molar-refractivity contribution is 5.73. The van der Waals surface area contributed by atoms with Gasteiger partial charge in [-0.05, 0) is 35.2 Å². The highest BCUT2D eigenvalue weighted by Gasteiger charge is 2.25. The lowest BCUT2D eigenvalue weighted by Crippen LogP contribution is -2.28. The fourth-order valence-corrected chi connectivity index (χ4v) is 3.08. The van der Waals surface area contributed by atoms with Crippen molar-refractivity contribution in [2.24, 2.45) is 0 Å². The maximum absolute atomic E-state index is 6.01. The second-order valence-corrected chi connectivity index (χ2v) is 5.59. The van der Waals surface area contributed by atoms with E-state index >= 15 is 0 Å². The van der Waals surface area contributed by atoms with Gasteiger partial charge in [0.2, 0.25) is 5.89 Å². The normalized spacial score (nSPS) is 17.9. The zero-order valence-corrected chi connectivity index (χ0v) is 12.1. The van der Waals surface area contributed by atoms with Crippen LogP contribution in [0.2, 0.25) is 0 Å². The third-order valence-electron chi connectivity index (χ3n) is 4.27. The summed E-state index contributed by atoms with van der Waals surface area (Å²) in [4.78, 5) is 4.74. The van der Waals surface area contributed by atoms with Crippen molar-refractivity contribution in [3.8, 4) is 0 Å². The Morgan fingerprint density at radius 2 is 2.14 bits per heavy atom. The number of fused-ring (bicyclic) bond motifs is 2. The summed E-state index contributed by atoms with van der Waals surface area (Å²) in [5.74, 6) is 1.02. The molecule has 1 aliphatic heterocycles. The van der Waals surface area contributed by atoms with Gasteiger partial charge in [0.05, 0.1) is 5.92 Å². The van der Waals surface area contributed by atoms with Crippen molar-refractivity contribution < 1.29 is 4.42 Å². The molecule has 1 N–H and O–H groups in total. The Hall–Kier alpha value is -2.13. The van der Waals surface area contributed by atoms with Crippen LogP contribution in [0.1, 0.15) is 35.4 Å². The number of aromatic nitrogens is 1. The molecule has 0 spiro atoms. The van der Waals surface area contributed by atoms with Crippen LogP contribution < -0.4 is 5.32 Å². The van der Waals surface area contributed by atoms with Crippen molar-refractivity contribution in [1.29, 1.82) is 0 Å².